The van der Waals surface area contributed by atoms with Crippen molar-refractivity contribution in [3.63, 3.8) is 0 Å². The molecule has 2 aromatic rings. The van der Waals surface area contributed by atoms with Gasteiger partial charge >= 0.3 is 5.69 Å². The van der Waals surface area contributed by atoms with Crippen LogP contribution < -0.4 is 27.4 Å². The standard InChI is InChI=1S/C19H27N5O4/c1-4-6-9-23(18(27)13-8-11-22(3)14(25)12-13)15-16(20)24(10-7-5-2)19(28)21-17(15)26/h8,11-12H,4-7,9-10,20H2,1-3H3,(H,21,26,28). The second kappa shape index (κ2) is 9.20. The van der Waals surface area contributed by atoms with E-state index in [-0.39, 0.29) is 29.2 Å². The zero-order valence-corrected chi connectivity index (χ0v) is 16.5. The molecule has 28 heavy (non-hydrogen) atoms. The summed E-state index contributed by atoms with van der Waals surface area (Å²) >= 11 is 0. The van der Waals surface area contributed by atoms with Crippen molar-refractivity contribution in [3.05, 3.63) is 55.1 Å². The van der Waals surface area contributed by atoms with Crippen LogP contribution in [0.3, 0.4) is 0 Å². The molecule has 3 N–H and O–H groups in total. The first-order valence-corrected chi connectivity index (χ1v) is 9.42. The molecule has 2 rings (SSSR count). The maximum Gasteiger partial charge on any atom is 0.330 e. The summed E-state index contributed by atoms with van der Waals surface area (Å²) in [6.07, 6.45) is 4.44. The van der Waals surface area contributed by atoms with Crippen LogP contribution in [0.2, 0.25) is 0 Å². The molecule has 0 radical (unpaired) electrons. The molecule has 0 fully saturated rings. The van der Waals surface area contributed by atoms with Gasteiger partial charge in [0.25, 0.3) is 17.0 Å². The van der Waals surface area contributed by atoms with Gasteiger partial charge in [0.2, 0.25) is 0 Å². The molecule has 0 unspecified atom stereocenters. The second-order valence-electron chi connectivity index (χ2n) is 6.67. The fourth-order valence-corrected chi connectivity index (χ4v) is 2.84. The van der Waals surface area contributed by atoms with E-state index in [2.05, 4.69) is 4.98 Å². The molecule has 0 saturated carbocycles. The maximum atomic E-state index is 13.1. The van der Waals surface area contributed by atoms with Crippen LogP contribution in [-0.4, -0.2) is 26.6 Å². The van der Waals surface area contributed by atoms with Gasteiger partial charge in [-0.2, -0.15) is 0 Å². The zero-order valence-electron chi connectivity index (χ0n) is 16.5. The highest BCUT2D eigenvalue weighted by Crippen LogP contribution is 2.20. The number of aryl methyl sites for hydroxylation is 1. The van der Waals surface area contributed by atoms with Crippen LogP contribution in [0.1, 0.15) is 49.9 Å². The van der Waals surface area contributed by atoms with Crippen molar-refractivity contribution in [3.8, 4) is 0 Å². The SMILES string of the molecule is CCCCN(C(=O)c1ccn(C)c(=O)c1)c1c(N)n(CCCC)c(=O)[nH]c1=O. The predicted octanol–water partition coefficient (Wildman–Crippen LogP) is 1.06. The number of aromatic nitrogens is 3. The number of hydrogen-bond donors (Lipinski definition) is 2. The molecule has 2 aromatic heterocycles. The summed E-state index contributed by atoms with van der Waals surface area (Å²) in [7, 11) is 1.58. The molecule has 152 valence electrons. The molecule has 2 heterocycles. The summed E-state index contributed by atoms with van der Waals surface area (Å²) in [6, 6.07) is 2.74. The Balaban J connectivity index is 2.60. The largest absolute Gasteiger partial charge is 0.383 e. The molecule has 0 aliphatic rings. The van der Waals surface area contributed by atoms with Gasteiger partial charge in [-0.1, -0.05) is 26.7 Å². The summed E-state index contributed by atoms with van der Waals surface area (Å²) in [5, 5.41) is 0. The number of nitrogens with zero attached hydrogens (tertiary/aromatic N) is 3. The van der Waals surface area contributed by atoms with E-state index in [1.165, 1.54) is 32.4 Å². The molecule has 0 atom stereocenters. The normalized spacial score (nSPS) is 10.8. The Morgan fingerprint density at radius 3 is 2.46 bits per heavy atom. The Hall–Kier alpha value is -3.10. The molecular formula is C19H27N5O4. The number of anilines is 2. The monoisotopic (exact) mass is 389 g/mol. The van der Waals surface area contributed by atoms with Crippen LogP contribution in [0.4, 0.5) is 11.5 Å². The third-order valence-corrected chi connectivity index (χ3v) is 4.55. The van der Waals surface area contributed by atoms with Crippen LogP contribution >= 0.6 is 0 Å². The van der Waals surface area contributed by atoms with E-state index in [1.54, 1.807) is 7.05 Å². The molecule has 0 aliphatic heterocycles. The van der Waals surface area contributed by atoms with Crippen molar-refractivity contribution in [1.82, 2.24) is 14.1 Å². The highest BCUT2D eigenvalue weighted by atomic mass is 16.2. The first-order chi connectivity index (χ1) is 13.3. The van der Waals surface area contributed by atoms with Gasteiger partial charge in [0.15, 0.2) is 5.69 Å². The summed E-state index contributed by atoms with van der Waals surface area (Å²) in [5.74, 6) is -0.556. The summed E-state index contributed by atoms with van der Waals surface area (Å²) in [5.41, 5.74) is 4.59. The number of nitrogens with two attached hydrogens (primary N) is 1. The van der Waals surface area contributed by atoms with Gasteiger partial charge in [-0.25, -0.2) is 4.79 Å². The zero-order chi connectivity index (χ0) is 20.8. The minimum absolute atomic E-state index is 0.0458. The summed E-state index contributed by atoms with van der Waals surface area (Å²) in [4.78, 5) is 53.2. The number of nitrogen functional groups attached to an aromatic ring is 1. The summed E-state index contributed by atoms with van der Waals surface area (Å²) < 4.78 is 2.62. The Labute approximate surface area is 162 Å². The highest BCUT2D eigenvalue weighted by Gasteiger charge is 2.25. The van der Waals surface area contributed by atoms with E-state index in [0.29, 0.717) is 19.4 Å². The first kappa shape index (κ1) is 21.2. The Bertz CT molecular complexity index is 1020. The molecule has 1 amide bonds. The van der Waals surface area contributed by atoms with E-state index in [0.717, 1.165) is 12.8 Å². The summed E-state index contributed by atoms with van der Waals surface area (Å²) in [6.45, 7) is 4.51. The minimum atomic E-state index is -0.719. The molecule has 0 bridgehead atoms. The number of nitrogens with one attached hydrogen (secondary N) is 1. The maximum absolute atomic E-state index is 13.1. The quantitative estimate of drug-likeness (QED) is 0.699. The van der Waals surface area contributed by atoms with E-state index in [1.807, 2.05) is 13.8 Å². The van der Waals surface area contributed by atoms with Crippen molar-refractivity contribution in [2.45, 2.75) is 46.1 Å². The second-order valence-corrected chi connectivity index (χ2v) is 6.67. The van der Waals surface area contributed by atoms with Crippen LogP contribution in [0, 0.1) is 0 Å². The van der Waals surface area contributed by atoms with Crippen molar-refractivity contribution in [2.24, 2.45) is 7.05 Å². The van der Waals surface area contributed by atoms with Gasteiger partial charge in [0.05, 0.1) is 0 Å². The molecule has 0 aromatic carbocycles. The van der Waals surface area contributed by atoms with E-state index in [9.17, 15) is 19.2 Å². The number of amides is 1. The number of H-pyrrole nitrogens is 1. The van der Waals surface area contributed by atoms with Gasteiger partial charge in [0.1, 0.15) is 5.82 Å². The fraction of sp³-hybridized carbons (Fsp3) is 0.474. The predicted molar refractivity (Wildman–Crippen MR) is 109 cm³/mol. The molecule has 9 nitrogen and oxygen atoms in total. The molecule has 0 spiro atoms. The van der Waals surface area contributed by atoms with Crippen LogP contribution in [0.5, 0.6) is 0 Å². The lowest BCUT2D eigenvalue weighted by Gasteiger charge is -2.24. The lowest BCUT2D eigenvalue weighted by molar-refractivity contribution is 0.0986. The van der Waals surface area contributed by atoms with Crippen molar-refractivity contribution >= 4 is 17.4 Å². The van der Waals surface area contributed by atoms with Gasteiger partial charge in [-0.15, -0.1) is 0 Å². The third-order valence-electron chi connectivity index (χ3n) is 4.55. The average molecular weight is 389 g/mol. The number of carbonyl (C=O) groups excluding carboxylic acids is 1. The van der Waals surface area contributed by atoms with Crippen molar-refractivity contribution < 1.29 is 4.79 Å². The van der Waals surface area contributed by atoms with Crippen LogP contribution in [0.15, 0.2) is 32.7 Å². The molecular weight excluding hydrogens is 362 g/mol. The van der Waals surface area contributed by atoms with Crippen molar-refractivity contribution in [2.75, 3.05) is 17.2 Å². The van der Waals surface area contributed by atoms with Crippen molar-refractivity contribution in [1.29, 1.82) is 0 Å². The third kappa shape index (κ3) is 4.41. The average Bonchev–Trinajstić information content (AvgIpc) is 2.65. The minimum Gasteiger partial charge on any atom is -0.383 e. The lowest BCUT2D eigenvalue weighted by atomic mass is 10.2. The van der Waals surface area contributed by atoms with Crippen LogP contribution in [-0.2, 0) is 13.6 Å². The number of pyridine rings is 1. The highest BCUT2D eigenvalue weighted by molar-refractivity contribution is 6.07. The Morgan fingerprint density at radius 1 is 1.18 bits per heavy atom. The topological polar surface area (TPSA) is 123 Å². The Kier molecular flexibility index (Phi) is 6.97. The van der Waals surface area contributed by atoms with E-state index in [4.69, 9.17) is 5.73 Å². The molecule has 0 aliphatic carbocycles. The van der Waals surface area contributed by atoms with Gasteiger partial charge in [-0.05, 0) is 18.9 Å². The number of carbonyl (C=O) groups is 1. The molecule has 0 saturated heterocycles. The van der Waals surface area contributed by atoms with Gasteiger partial charge in [-0.3, -0.25) is 23.9 Å². The number of hydrogen-bond acceptors (Lipinski definition) is 5. The lowest BCUT2D eigenvalue weighted by Crippen LogP contribution is -2.42. The van der Waals surface area contributed by atoms with E-state index < -0.39 is 17.2 Å². The Morgan fingerprint density at radius 2 is 1.86 bits per heavy atom. The smallest absolute Gasteiger partial charge is 0.330 e. The van der Waals surface area contributed by atoms with Crippen LogP contribution in [0.25, 0.3) is 0 Å². The number of unbranched alkanes of at least 4 members (excludes halogenated alkanes) is 2. The fourth-order valence-electron chi connectivity index (χ4n) is 2.84. The van der Waals surface area contributed by atoms with Gasteiger partial charge in [0, 0.05) is 38.0 Å². The van der Waals surface area contributed by atoms with Gasteiger partial charge < -0.3 is 15.2 Å². The number of rotatable bonds is 8. The number of aromatic amines is 1. The van der Waals surface area contributed by atoms with E-state index >= 15 is 0 Å². The first-order valence-electron chi connectivity index (χ1n) is 9.42. The molecule has 9 heteroatoms.